The molecule has 0 bridgehead atoms. The van der Waals surface area contributed by atoms with Crippen molar-refractivity contribution in [2.75, 3.05) is 11.9 Å². The molecule has 0 aliphatic carbocycles. The van der Waals surface area contributed by atoms with E-state index in [1.807, 2.05) is 0 Å². The molecule has 0 radical (unpaired) electrons. The molecule has 1 amide bonds. The molecule has 0 aromatic heterocycles. The van der Waals surface area contributed by atoms with E-state index in [0.29, 0.717) is 16.8 Å². The van der Waals surface area contributed by atoms with Gasteiger partial charge < -0.3 is 5.32 Å². The van der Waals surface area contributed by atoms with Gasteiger partial charge in [-0.2, -0.15) is 0 Å². The van der Waals surface area contributed by atoms with Crippen LogP contribution in [0.2, 0.25) is 0 Å². The summed E-state index contributed by atoms with van der Waals surface area (Å²) in [5.41, 5.74) is 1.66. The Morgan fingerprint density at radius 1 is 1.08 bits per heavy atom. The highest BCUT2D eigenvalue weighted by atomic mass is 32.2. The lowest BCUT2D eigenvalue weighted by atomic mass is 10.1. The molecule has 1 aliphatic rings. The van der Waals surface area contributed by atoms with Gasteiger partial charge in [-0.3, -0.25) is 19.3 Å². The summed E-state index contributed by atoms with van der Waals surface area (Å²) in [6.07, 6.45) is 0.0991. The second-order valence-electron chi connectivity index (χ2n) is 5.76. The summed E-state index contributed by atoms with van der Waals surface area (Å²) in [6, 6.07) is 13.1. The van der Waals surface area contributed by atoms with Gasteiger partial charge in [0.2, 0.25) is 5.91 Å². The predicted octanol–water partition coefficient (Wildman–Crippen LogP) is 1.96. The maximum Gasteiger partial charge on any atom is 0.263 e. The number of carbonyl (C=O) groups excluding carboxylic acids is 2. The van der Waals surface area contributed by atoms with E-state index in [0.717, 1.165) is 0 Å². The normalized spacial score (nSPS) is 16.0. The van der Waals surface area contributed by atoms with Gasteiger partial charge in [0.25, 0.3) is 10.0 Å². The molecule has 0 spiro atoms. The zero-order valence-electron chi connectivity index (χ0n) is 14.0. The van der Waals surface area contributed by atoms with Crippen molar-refractivity contribution in [1.29, 1.82) is 0 Å². The van der Waals surface area contributed by atoms with Crippen LogP contribution in [-0.4, -0.2) is 32.5 Å². The van der Waals surface area contributed by atoms with Gasteiger partial charge in [0.1, 0.15) is 5.84 Å². The van der Waals surface area contributed by atoms with Gasteiger partial charge >= 0.3 is 0 Å². The van der Waals surface area contributed by atoms with Crippen LogP contribution in [0.3, 0.4) is 0 Å². The highest BCUT2D eigenvalue weighted by Crippen LogP contribution is 2.22. The summed E-state index contributed by atoms with van der Waals surface area (Å²) in [5.74, 6) is -0.0451. The van der Waals surface area contributed by atoms with E-state index in [4.69, 9.17) is 0 Å². The summed E-state index contributed by atoms with van der Waals surface area (Å²) < 4.78 is 26.4. The fourth-order valence-electron chi connectivity index (χ4n) is 2.53. The lowest BCUT2D eigenvalue weighted by molar-refractivity contribution is -0.116. The van der Waals surface area contributed by atoms with Gasteiger partial charge in [0.05, 0.1) is 11.4 Å². The fraction of sp³-hybridized carbons (Fsp3) is 0.167. The number of ketones is 1. The third-order valence-electron chi connectivity index (χ3n) is 3.85. The molecule has 0 unspecified atom stereocenters. The molecule has 7 nitrogen and oxygen atoms in total. The second-order valence-corrected chi connectivity index (χ2v) is 7.41. The van der Waals surface area contributed by atoms with E-state index < -0.39 is 10.0 Å². The average molecular weight is 371 g/mol. The van der Waals surface area contributed by atoms with Crippen molar-refractivity contribution in [3.63, 3.8) is 0 Å². The molecule has 0 saturated heterocycles. The van der Waals surface area contributed by atoms with E-state index in [1.165, 1.54) is 13.0 Å². The average Bonchev–Trinajstić information content (AvgIpc) is 2.86. The third-order valence-corrected chi connectivity index (χ3v) is 5.24. The number of amidine groups is 1. The van der Waals surface area contributed by atoms with Crippen molar-refractivity contribution in [2.24, 2.45) is 4.99 Å². The highest BCUT2D eigenvalue weighted by Gasteiger charge is 2.29. The van der Waals surface area contributed by atoms with Crippen LogP contribution in [0.4, 0.5) is 5.69 Å². The Hall–Kier alpha value is -3.00. The van der Waals surface area contributed by atoms with Crippen molar-refractivity contribution < 1.29 is 18.0 Å². The summed E-state index contributed by atoms with van der Waals surface area (Å²) >= 11 is 0. The third kappa shape index (κ3) is 3.80. The van der Waals surface area contributed by atoms with Gasteiger partial charge in [-0.1, -0.05) is 12.1 Å². The molecule has 3 rings (SSSR count). The van der Waals surface area contributed by atoms with Gasteiger partial charge in [-0.15, -0.1) is 0 Å². The summed E-state index contributed by atoms with van der Waals surface area (Å²) in [6.45, 7) is 1.62. The molecule has 0 fully saturated rings. The molecule has 0 atom stereocenters. The number of amides is 1. The Morgan fingerprint density at radius 3 is 2.46 bits per heavy atom. The number of rotatable bonds is 5. The minimum Gasteiger partial charge on any atom is -0.326 e. The monoisotopic (exact) mass is 371 g/mol. The van der Waals surface area contributed by atoms with E-state index in [1.54, 1.807) is 42.5 Å². The van der Waals surface area contributed by atoms with Crippen LogP contribution >= 0.6 is 0 Å². The molecule has 1 heterocycles. The fourth-order valence-corrected chi connectivity index (χ4v) is 3.78. The van der Waals surface area contributed by atoms with Crippen LogP contribution < -0.4 is 10.0 Å². The number of hydrogen-bond donors (Lipinski definition) is 2. The van der Waals surface area contributed by atoms with Gasteiger partial charge in [-0.25, -0.2) is 8.42 Å². The van der Waals surface area contributed by atoms with Crippen molar-refractivity contribution in [3.8, 4) is 0 Å². The first-order valence-corrected chi connectivity index (χ1v) is 9.43. The Morgan fingerprint density at radius 2 is 1.77 bits per heavy atom. The summed E-state index contributed by atoms with van der Waals surface area (Å²) in [7, 11) is -3.57. The number of nitrogens with one attached hydrogen (secondary N) is 2. The van der Waals surface area contributed by atoms with Crippen LogP contribution in [0.15, 0.2) is 58.4 Å². The standard InChI is InChI=1S/C18H17N3O4S/c1-12(22)13-6-8-14(9-7-13)20-17(23)10-11-19-18-15-4-2-3-5-16(15)26(24,25)21-18/h2-9H,10-11H2,1H3,(H,19,21)(H,20,23). The second kappa shape index (κ2) is 7.09. The Bertz CT molecular complexity index is 995. The Kier molecular flexibility index (Phi) is 4.85. The number of Topliss-reactive ketones (excluding diaryl/α,β-unsaturated/α-hetero) is 1. The molecular formula is C18H17N3O4S. The predicted molar refractivity (Wildman–Crippen MR) is 97.9 cm³/mol. The molecule has 1 aliphatic heterocycles. The maximum absolute atomic E-state index is 12.0. The topological polar surface area (TPSA) is 105 Å². The van der Waals surface area contributed by atoms with Crippen LogP contribution in [0.5, 0.6) is 0 Å². The number of fused-ring (bicyclic) bond motifs is 1. The van der Waals surface area contributed by atoms with Crippen LogP contribution in [0, 0.1) is 0 Å². The molecule has 26 heavy (non-hydrogen) atoms. The zero-order valence-corrected chi connectivity index (χ0v) is 14.8. The van der Waals surface area contributed by atoms with Gasteiger partial charge in [0.15, 0.2) is 5.78 Å². The smallest absolute Gasteiger partial charge is 0.263 e. The first kappa shape index (κ1) is 17.8. The van der Waals surface area contributed by atoms with Gasteiger partial charge in [-0.05, 0) is 43.3 Å². The van der Waals surface area contributed by atoms with Crippen LogP contribution in [0.25, 0.3) is 0 Å². The Balaban J connectivity index is 1.60. The molecule has 0 saturated carbocycles. The van der Waals surface area contributed by atoms with Crippen molar-refractivity contribution in [3.05, 3.63) is 59.7 Å². The minimum absolute atomic E-state index is 0.0435. The molecular weight excluding hydrogens is 354 g/mol. The lowest BCUT2D eigenvalue weighted by Crippen LogP contribution is -2.23. The number of sulfonamides is 1. The molecule has 8 heteroatoms. The number of hydrogen-bond acceptors (Lipinski definition) is 5. The maximum atomic E-state index is 12.0. The summed E-state index contributed by atoms with van der Waals surface area (Å²) in [4.78, 5) is 27.6. The van der Waals surface area contributed by atoms with Crippen molar-refractivity contribution in [2.45, 2.75) is 18.2 Å². The van der Waals surface area contributed by atoms with E-state index in [2.05, 4.69) is 15.0 Å². The van der Waals surface area contributed by atoms with Crippen molar-refractivity contribution >= 4 is 33.2 Å². The minimum atomic E-state index is -3.57. The van der Waals surface area contributed by atoms with E-state index >= 15 is 0 Å². The number of aliphatic imine (C=N–C) groups is 1. The largest absolute Gasteiger partial charge is 0.326 e. The SMILES string of the molecule is CC(=O)c1ccc(NC(=O)CCN=C2NS(=O)(=O)c3ccccc32)cc1. The van der Waals surface area contributed by atoms with E-state index in [9.17, 15) is 18.0 Å². The number of benzene rings is 2. The first-order chi connectivity index (χ1) is 12.4. The van der Waals surface area contributed by atoms with Gasteiger partial charge in [0, 0.05) is 23.2 Å². The van der Waals surface area contributed by atoms with Crippen molar-refractivity contribution in [1.82, 2.24) is 4.72 Å². The molecule has 2 N–H and O–H groups in total. The highest BCUT2D eigenvalue weighted by molar-refractivity contribution is 7.90. The zero-order chi connectivity index (χ0) is 18.7. The summed E-state index contributed by atoms with van der Waals surface area (Å²) in [5, 5.41) is 2.71. The molecule has 2 aromatic carbocycles. The molecule has 134 valence electrons. The quantitative estimate of drug-likeness (QED) is 0.784. The van der Waals surface area contributed by atoms with Crippen LogP contribution in [0.1, 0.15) is 29.3 Å². The number of anilines is 1. The number of nitrogens with zero attached hydrogens (tertiary/aromatic N) is 1. The van der Waals surface area contributed by atoms with Crippen LogP contribution in [-0.2, 0) is 14.8 Å². The lowest BCUT2D eigenvalue weighted by Gasteiger charge is -2.05. The number of carbonyl (C=O) groups is 2. The van der Waals surface area contributed by atoms with E-state index in [-0.39, 0.29) is 35.4 Å². The Labute approximate surface area is 151 Å². The first-order valence-electron chi connectivity index (χ1n) is 7.94. The molecule has 2 aromatic rings.